The second-order valence-electron chi connectivity index (χ2n) is 6.40. The van der Waals surface area contributed by atoms with Crippen LogP contribution >= 0.6 is 8.25 Å². The molecule has 1 aliphatic rings. The Bertz CT molecular complexity index is 535. The lowest BCUT2D eigenvalue weighted by molar-refractivity contribution is -0.137. The average molecular weight is 403 g/mol. The van der Waals surface area contributed by atoms with Crippen molar-refractivity contribution < 1.29 is 33.5 Å². The molecule has 1 aliphatic heterocycles. The van der Waals surface area contributed by atoms with Crippen molar-refractivity contribution in [2.75, 3.05) is 26.3 Å². The van der Waals surface area contributed by atoms with Gasteiger partial charge in [-0.2, -0.15) is 0 Å². The van der Waals surface area contributed by atoms with Crippen molar-refractivity contribution in [1.29, 1.82) is 0 Å². The van der Waals surface area contributed by atoms with Crippen LogP contribution < -0.4 is 5.32 Å². The SMILES string of the molecule is O=C(CCCCCN1C(=O)C=CC1=O)NCCCCC(CO)CO[P+](=O)O. The van der Waals surface area contributed by atoms with Gasteiger partial charge in [0.05, 0.1) is 0 Å². The highest BCUT2D eigenvalue weighted by Gasteiger charge is 2.22. The van der Waals surface area contributed by atoms with E-state index >= 15 is 0 Å². The topological polar surface area (TPSA) is 133 Å². The van der Waals surface area contributed by atoms with Gasteiger partial charge in [-0.15, -0.1) is 9.42 Å². The van der Waals surface area contributed by atoms with E-state index in [1.165, 1.54) is 17.1 Å². The Morgan fingerprint density at radius 1 is 1.15 bits per heavy atom. The summed E-state index contributed by atoms with van der Waals surface area (Å²) in [6.45, 7) is 0.848. The van der Waals surface area contributed by atoms with Gasteiger partial charge in [0.25, 0.3) is 11.8 Å². The predicted octanol–water partition coefficient (Wildman–Crippen LogP) is 1.03. The first-order valence-electron chi connectivity index (χ1n) is 9.14. The second kappa shape index (κ2) is 13.5. The number of aliphatic hydroxyl groups is 1. The first kappa shape index (κ1) is 23.4. The van der Waals surface area contributed by atoms with Crippen LogP contribution in [0.2, 0.25) is 0 Å². The van der Waals surface area contributed by atoms with E-state index in [1.807, 2.05) is 0 Å². The predicted molar refractivity (Wildman–Crippen MR) is 97.5 cm³/mol. The van der Waals surface area contributed by atoms with Crippen molar-refractivity contribution in [3.8, 4) is 0 Å². The molecule has 0 aromatic carbocycles. The fourth-order valence-electron chi connectivity index (χ4n) is 2.65. The van der Waals surface area contributed by atoms with E-state index in [2.05, 4.69) is 9.84 Å². The molecular formula is C17H28N2O7P+. The molecule has 27 heavy (non-hydrogen) atoms. The van der Waals surface area contributed by atoms with Gasteiger partial charge in [-0.05, 0) is 25.7 Å². The maximum Gasteiger partial charge on any atom is 0.694 e. The lowest BCUT2D eigenvalue weighted by atomic mass is 10.0. The summed E-state index contributed by atoms with van der Waals surface area (Å²) < 4.78 is 15.0. The summed E-state index contributed by atoms with van der Waals surface area (Å²) in [6, 6.07) is 0. The summed E-state index contributed by atoms with van der Waals surface area (Å²) in [7, 11) is -2.64. The zero-order valence-electron chi connectivity index (χ0n) is 15.3. The molecule has 0 spiro atoms. The van der Waals surface area contributed by atoms with Gasteiger partial charge in [0, 0.05) is 48.8 Å². The maximum atomic E-state index is 11.7. The summed E-state index contributed by atoms with van der Waals surface area (Å²) in [5, 5.41) is 12.0. The first-order chi connectivity index (χ1) is 12.9. The molecule has 0 bridgehead atoms. The Balaban J connectivity index is 1.97. The number of amides is 3. The third-order valence-electron chi connectivity index (χ3n) is 4.23. The van der Waals surface area contributed by atoms with Crippen molar-refractivity contribution in [1.82, 2.24) is 10.2 Å². The van der Waals surface area contributed by atoms with Gasteiger partial charge in [0.15, 0.2) is 0 Å². The summed E-state index contributed by atoms with van der Waals surface area (Å²) in [5.74, 6) is -0.781. The Morgan fingerprint density at radius 2 is 1.85 bits per heavy atom. The number of unbranched alkanes of at least 4 members (excludes halogenated alkanes) is 3. The standard InChI is InChI=1S/C17H27N2O7P/c20-12-14(13-26-27(24)25)6-3-4-10-18-15(21)7-2-1-5-11-19-16(22)8-9-17(19)23/h8-9,14,20H,1-7,10-13H2,(H-,18,21,24,25)/p+1. The van der Waals surface area contributed by atoms with E-state index in [9.17, 15) is 18.9 Å². The smallest absolute Gasteiger partial charge is 0.396 e. The van der Waals surface area contributed by atoms with Gasteiger partial charge in [-0.25, -0.2) is 0 Å². The zero-order valence-corrected chi connectivity index (χ0v) is 16.2. The monoisotopic (exact) mass is 403 g/mol. The minimum atomic E-state index is -2.64. The fourth-order valence-corrected chi connectivity index (χ4v) is 2.99. The molecule has 0 aliphatic carbocycles. The van der Waals surface area contributed by atoms with Gasteiger partial charge >= 0.3 is 8.25 Å². The van der Waals surface area contributed by atoms with Gasteiger partial charge in [-0.1, -0.05) is 12.8 Å². The number of hydrogen-bond acceptors (Lipinski definition) is 6. The van der Waals surface area contributed by atoms with Crippen molar-refractivity contribution in [2.45, 2.75) is 44.9 Å². The molecular weight excluding hydrogens is 375 g/mol. The molecule has 0 saturated heterocycles. The van der Waals surface area contributed by atoms with Crippen LogP contribution in [-0.4, -0.2) is 58.9 Å². The number of carbonyl (C=O) groups is 3. The molecule has 0 saturated carbocycles. The number of carbonyl (C=O) groups excluding carboxylic acids is 3. The van der Waals surface area contributed by atoms with Crippen LogP contribution in [0.15, 0.2) is 12.2 Å². The highest BCUT2D eigenvalue weighted by molar-refractivity contribution is 7.32. The molecule has 3 N–H and O–H groups in total. The van der Waals surface area contributed by atoms with E-state index < -0.39 is 8.25 Å². The van der Waals surface area contributed by atoms with E-state index in [-0.39, 0.29) is 36.9 Å². The van der Waals surface area contributed by atoms with E-state index in [1.54, 1.807) is 0 Å². The molecule has 1 rings (SSSR count). The molecule has 2 atom stereocenters. The molecule has 152 valence electrons. The van der Waals surface area contributed by atoms with Gasteiger partial charge in [0.1, 0.15) is 6.61 Å². The van der Waals surface area contributed by atoms with Crippen LogP contribution in [-0.2, 0) is 23.5 Å². The third-order valence-corrected chi connectivity index (χ3v) is 4.60. The quantitative estimate of drug-likeness (QED) is 0.211. The zero-order chi connectivity index (χ0) is 20.1. The Hall–Kier alpha value is -1.67. The molecule has 10 heteroatoms. The lowest BCUT2D eigenvalue weighted by Gasteiger charge is -2.13. The Labute approximate surface area is 159 Å². The van der Waals surface area contributed by atoms with Gasteiger partial charge < -0.3 is 10.4 Å². The summed E-state index contributed by atoms with van der Waals surface area (Å²) in [5.41, 5.74) is 0. The van der Waals surface area contributed by atoms with Crippen molar-refractivity contribution in [2.24, 2.45) is 5.92 Å². The number of nitrogens with zero attached hydrogens (tertiary/aromatic N) is 1. The van der Waals surface area contributed by atoms with Crippen LogP contribution in [0.1, 0.15) is 44.9 Å². The van der Waals surface area contributed by atoms with E-state index in [0.29, 0.717) is 38.8 Å². The summed E-state index contributed by atoms with van der Waals surface area (Å²) in [4.78, 5) is 44.2. The van der Waals surface area contributed by atoms with Crippen LogP contribution in [0, 0.1) is 5.92 Å². The normalized spacial score (nSPS) is 15.3. The first-order valence-corrected chi connectivity index (χ1v) is 10.3. The van der Waals surface area contributed by atoms with E-state index in [4.69, 9.17) is 10.00 Å². The molecule has 2 unspecified atom stereocenters. The minimum Gasteiger partial charge on any atom is -0.396 e. The Morgan fingerprint density at radius 3 is 2.48 bits per heavy atom. The second-order valence-corrected chi connectivity index (χ2v) is 7.13. The van der Waals surface area contributed by atoms with Crippen LogP contribution in [0.25, 0.3) is 0 Å². The summed E-state index contributed by atoms with van der Waals surface area (Å²) >= 11 is 0. The highest BCUT2D eigenvalue weighted by atomic mass is 31.1. The van der Waals surface area contributed by atoms with Crippen LogP contribution in [0.3, 0.4) is 0 Å². The Kier molecular flexibility index (Phi) is 11.7. The largest absolute Gasteiger partial charge is 0.694 e. The molecule has 9 nitrogen and oxygen atoms in total. The van der Waals surface area contributed by atoms with Gasteiger partial charge in [0.2, 0.25) is 5.91 Å². The van der Waals surface area contributed by atoms with Crippen molar-refractivity contribution in [3.05, 3.63) is 12.2 Å². The molecule has 0 radical (unpaired) electrons. The fraction of sp³-hybridized carbons (Fsp3) is 0.706. The molecule has 1 heterocycles. The highest BCUT2D eigenvalue weighted by Crippen LogP contribution is 2.18. The number of aliphatic hydroxyl groups excluding tert-OH is 1. The third kappa shape index (κ3) is 10.3. The van der Waals surface area contributed by atoms with Gasteiger partial charge in [-0.3, -0.25) is 19.3 Å². The number of hydrogen-bond donors (Lipinski definition) is 3. The summed E-state index contributed by atoms with van der Waals surface area (Å²) in [6.07, 6.45) is 7.22. The average Bonchev–Trinajstić information content (AvgIpc) is 2.95. The lowest BCUT2D eigenvalue weighted by Crippen LogP contribution is -2.30. The van der Waals surface area contributed by atoms with Crippen molar-refractivity contribution in [3.63, 3.8) is 0 Å². The molecule has 0 fully saturated rings. The molecule has 3 amide bonds. The van der Waals surface area contributed by atoms with Crippen LogP contribution in [0.4, 0.5) is 0 Å². The maximum absolute atomic E-state index is 11.7. The molecule has 0 aromatic rings. The minimum absolute atomic E-state index is 0.0377. The number of rotatable bonds is 15. The number of imide groups is 1. The van der Waals surface area contributed by atoms with Crippen LogP contribution in [0.5, 0.6) is 0 Å². The number of nitrogens with one attached hydrogen (secondary N) is 1. The van der Waals surface area contributed by atoms with E-state index in [0.717, 1.165) is 19.3 Å². The van der Waals surface area contributed by atoms with Crippen molar-refractivity contribution >= 4 is 26.0 Å². The molecule has 0 aromatic heterocycles.